The number of halogens is 5. The van der Waals surface area contributed by atoms with E-state index < -0.39 is 33.9 Å². The lowest BCUT2D eigenvalue weighted by Crippen LogP contribution is -2.40. The van der Waals surface area contributed by atoms with Gasteiger partial charge in [-0.05, 0) is 53.6 Å². The van der Waals surface area contributed by atoms with E-state index in [-0.39, 0.29) is 34.6 Å². The van der Waals surface area contributed by atoms with Gasteiger partial charge in [-0.2, -0.15) is 22.6 Å². The molecule has 0 amide bonds. The van der Waals surface area contributed by atoms with Gasteiger partial charge in [0.05, 0.1) is 40.9 Å². The Morgan fingerprint density at radius 1 is 0.923 bits per heavy atom. The minimum absolute atomic E-state index is 0.0700. The minimum Gasteiger partial charge on any atom is -0.379 e. The van der Waals surface area contributed by atoms with Crippen molar-refractivity contribution in [3.8, 4) is 23.0 Å². The first-order valence-corrected chi connectivity index (χ1v) is 13.2. The molecule has 2 aromatic carbocycles. The molecule has 4 aromatic rings. The second kappa shape index (κ2) is 10.4. The maximum Gasteiger partial charge on any atom is 0.416 e. The lowest BCUT2D eigenvalue weighted by molar-refractivity contribution is -0.137. The molecule has 1 aliphatic heterocycles. The first-order chi connectivity index (χ1) is 18.5. The number of aromatic nitrogens is 2. The molecule has 0 saturated carbocycles. The van der Waals surface area contributed by atoms with Gasteiger partial charge in [0, 0.05) is 18.7 Å². The smallest absolute Gasteiger partial charge is 0.379 e. The highest BCUT2D eigenvalue weighted by Crippen LogP contribution is 2.33. The van der Waals surface area contributed by atoms with Crippen LogP contribution in [0.25, 0.3) is 16.6 Å². The molecule has 202 valence electrons. The molecule has 1 saturated heterocycles. The topological polar surface area (TPSA) is 63.9 Å². The van der Waals surface area contributed by atoms with Crippen LogP contribution in [0.2, 0.25) is 0 Å². The second-order valence-corrected chi connectivity index (χ2v) is 10.6. The molecule has 0 aliphatic carbocycles. The molecule has 1 aliphatic rings. The third-order valence-electron chi connectivity index (χ3n) is 6.20. The van der Waals surface area contributed by atoms with E-state index in [9.17, 15) is 30.4 Å². The standard InChI is InChI=1S/C27H20F5N3O3S/c28-26(29)25-16-21(19-6-8-22(9-7-19)27(30,31)32)15-24-20(17-33-35(24)25)5-4-18-2-1-3-23(14-18)39(36,37)34-10-12-38-13-11-34/h1-3,6-9,14-17,26H,10-13H2. The normalized spacial score (nSPS) is 14.9. The summed E-state index contributed by atoms with van der Waals surface area (Å²) in [5.74, 6) is 5.72. The number of sulfonamides is 1. The van der Waals surface area contributed by atoms with Crippen LogP contribution in [0.1, 0.15) is 28.8 Å². The zero-order valence-corrected chi connectivity index (χ0v) is 20.9. The molecule has 0 bridgehead atoms. The molecule has 5 rings (SSSR count). The third kappa shape index (κ3) is 5.52. The van der Waals surface area contributed by atoms with Crippen molar-refractivity contribution in [1.29, 1.82) is 0 Å². The highest BCUT2D eigenvalue weighted by atomic mass is 32.2. The molecule has 39 heavy (non-hydrogen) atoms. The van der Waals surface area contributed by atoms with E-state index in [1.165, 1.54) is 46.9 Å². The van der Waals surface area contributed by atoms with Crippen molar-refractivity contribution < 1.29 is 35.1 Å². The summed E-state index contributed by atoms with van der Waals surface area (Å²) in [6.07, 6.45) is -6.13. The van der Waals surface area contributed by atoms with Gasteiger partial charge in [0.1, 0.15) is 5.69 Å². The number of rotatable bonds is 4. The van der Waals surface area contributed by atoms with Gasteiger partial charge in [-0.3, -0.25) is 0 Å². The van der Waals surface area contributed by atoms with Gasteiger partial charge < -0.3 is 4.74 Å². The van der Waals surface area contributed by atoms with Crippen molar-refractivity contribution in [3.63, 3.8) is 0 Å². The number of nitrogens with zero attached hydrogens (tertiary/aromatic N) is 3. The Bertz CT molecular complexity index is 1680. The lowest BCUT2D eigenvalue weighted by atomic mass is 10.0. The molecular weight excluding hydrogens is 541 g/mol. The number of alkyl halides is 5. The van der Waals surface area contributed by atoms with E-state index in [1.54, 1.807) is 12.1 Å². The van der Waals surface area contributed by atoms with E-state index >= 15 is 0 Å². The van der Waals surface area contributed by atoms with E-state index in [4.69, 9.17) is 4.74 Å². The molecule has 6 nitrogen and oxygen atoms in total. The monoisotopic (exact) mass is 561 g/mol. The highest BCUT2D eigenvalue weighted by molar-refractivity contribution is 7.89. The number of hydrogen-bond donors (Lipinski definition) is 0. The molecule has 0 atom stereocenters. The number of pyridine rings is 1. The molecule has 0 unspecified atom stereocenters. The quantitative estimate of drug-likeness (QED) is 0.248. The van der Waals surface area contributed by atoms with E-state index in [0.29, 0.717) is 24.3 Å². The van der Waals surface area contributed by atoms with E-state index in [0.717, 1.165) is 16.6 Å². The van der Waals surface area contributed by atoms with Gasteiger partial charge in [0.15, 0.2) is 0 Å². The minimum atomic E-state index is -4.52. The summed E-state index contributed by atoms with van der Waals surface area (Å²) < 4.78 is 100. The van der Waals surface area contributed by atoms with Crippen molar-refractivity contribution in [2.24, 2.45) is 0 Å². The van der Waals surface area contributed by atoms with Crippen LogP contribution in [0.3, 0.4) is 0 Å². The SMILES string of the molecule is O=S(=O)(c1cccc(C#Cc2cnn3c(C(F)F)cc(-c4ccc(C(F)(F)F)cc4)cc23)c1)N1CCOCC1. The van der Waals surface area contributed by atoms with Crippen molar-refractivity contribution in [2.45, 2.75) is 17.5 Å². The number of ether oxygens (including phenoxy) is 1. The molecule has 12 heteroatoms. The van der Waals surface area contributed by atoms with Crippen LogP contribution < -0.4 is 0 Å². The fourth-order valence-electron chi connectivity index (χ4n) is 4.19. The maximum absolute atomic E-state index is 13.9. The Morgan fingerprint density at radius 3 is 2.31 bits per heavy atom. The van der Waals surface area contributed by atoms with E-state index in [1.807, 2.05) is 0 Å². The highest BCUT2D eigenvalue weighted by Gasteiger charge is 2.30. The summed E-state index contributed by atoms with van der Waals surface area (Å²) in [7, 11) is -3.74. The largest absolute Gasteiger partial charge is 0.416 e. The number of fused-ring (bicyclic) bond motifs is 1. The molecule has 2 aromatic heterocycles. The van der Waals surface area contributed by atoms with Crippen LogP contribution in [0.4, 0.5) is 22.0 Å². The Morgan fingerprint density at radius 2 is 1.64 bits per heavy atom. The first-order valence-electron chi connectivity index (χ1n) is 11.7. The van der Waals surface area contributed by atoms with Crippen molar-refractivity contribution in [2.75, 3.05) is 26.3 Å². The first kappa shape index (κ1) is 26.8. The summed E-state index contributed by atoms with van der Waals surface area (Å²) in [5, 5.41) is 4.02. The fourth-order valence-corrected chi connectivity index (χ4v) is 5.65. The zero-order valence-electron chi connectivity index (χ0n) is 20.1. The lowest BCUT2D eigenvalue weighted by Gasteiger charge is -2.26. The van der Waals surface area contributed by atoms with Gasteiger partial charge in [-0.15, -0.1) is 0 Å². The Balaban J connectivity index is 1.52. The summed E-state index contributed by atoms with van der Waals surface area (Å²) >= 11 is 0. The average molecular weight is 562 g/mol. The Kier molecular flexibility index (Phi) is 7.15. The van der Waals surface area contributed by atoms with Gasteiger partial charge in [0.25, 0.3) is 6.43 Å². The van der Waals surface area contributed by atoms with Crippen LogP contribution in [0.15, 0.2) is 71.8 Å². The molecule has 1 fully saturated rings. The Hall–Kier alpha value is -3.79. The van der Waals surface area contributed by atoms with Crippen molar-refractivity contribution in [1.82, 2.24) is 13.9 Å². The van der Waals surface area contributed by atoms with Crippen molar-refractivity contribution >= 4 is 15.5 Å². The maximum atomic E-state index is 13.9. The summed E-state index contributed by atoms with van der Waals surface area (Å²) in [6.45, 7) is 1.10. The Labute approximate surface area is 220 Å². The summed E-state index contributed by atoms with van der Waals surface area (Å²) in [4.78, 5) is 0.0700. The molecule has 0 spiro atoms. The van der Waals surface area contributed by atoms with Crippen LogP contribution in [0, 0.1) is 11.8 Å². The second-order valence-electron chi connectivity index (χ2n) is 8.69. The predicted octanol–water partition coefficient (Wildman–Crippen LogP) is 5.38. The average Bonchev–Trinajstić information content (AvgIpc) is 3.34. The van der Waals surface area contributed by atoms with Gasteiger partial charge >= 0.3 is 6.18 Å². The zero-order chi connectivity index (χ0) is 27.8. The van der Waals surface area contributed by atoms with Crippen LogP contribution in [-0.2, 0) is 20.9 Å². The molecule has 0 N–H and O–H groups in total. The number of benzene rings is 2. The number of hydrogen-bond acceptors (Lipinski definition) is 4. The van der Waals surface area contributed by atoms with Crippen LogP contribution in [-0.4, -0.2) is 48.6 Å². The molecule has 0 radical (unpaired) electrons. The predicted molar refractivity (Wildman–Crippen MR) is 133 cm³/mol. The van der Waals surface area contributed by atoms with Crippen LogP contribution in [0.5, 0.6) is 0 Å². The van der Waals surface area contributed by atoms with Gasteiger partial charge in [-0.1, -0.05) is 30.0 Å². The van der Waals surface area contributed by atoms with E-state index in [2.05, 4.69) is 16.9 Å². The molecular formula is C27H20F5N3O3S. The van der Waals surface area contributed by atoms with Crippen molar-refractivity contribution in [3.05, 3.63) is 89.2 Å². The van der Waals surface area contributed by atoms with Gasteiger partial charge in [0.2, 0.25) is 10.0 Å². The molecule has 3 heterocycles. The van der Waals surface area contributed by atoms with Crippen LogP contribution >= 0.6 is 0 Å². The summed E-state index contributed by atoms with van der Waals surface area (Å²) in [5.41, 5.74) is 0.183. The third-order valence-corrected chi connectivity index (χ3v) is 8.09. The number of morpholine rings is 1. The fraction of sp³-hybridized carbons (Fsp3) is 0.222. The van der Waals surface area contributed by atoms with Gasteiger partial charge in [-0.25, -0.2) is 21.7 Å². The summed E-state index contributed by atoms with van der Waals surface area (Å²) in [6, 6.07) is 13.0.